The summed E-state index contributed by atoms with van der Waals surface area (Å²) in [5, 5.41) is 9.33. The van der Waals surface area contributed by atoms with Crippen LogP contribution in [0.5, 0.6) is 0 Å². The number of halogens is 1. The van der Waals surface area contributed by atoms with Crippen molar-refractivity contribution in [3.05, 3.63) is 39.9 Å². The summed E-state index contributed by atoms with van der Waals surface area (Å²) in [7, 11) is 0. The molecule has 2 rings (SSSR count). The Balaban J connectivity index is 2.17. The summed E-state index contributed by atoms with van der Waals surface area (Å²) in [6.45, 7) is 4.09. The third-order valence-electron chi connectivity index (χ3n) is 3.93. The third-order valence-corrected chi connectivity index (χ3v) is 4.62. The predicted molar refractivity (Wildman–Crippen MR) is 84.9 cm³/mol. The van der Waals surface area contributed by atoms with Gasteiger partial charge in [0.2, 0.25) is 5.91 Å². The minimum Gasteiger partial charge on any atom is -0.480 e. The number of likely N-dealkylation sites (tertiary alicyclic amines) is 1. The summed E-state index contributed by atoms with van der Waals surface area (Å²) in [6, 6.07) is 5.86. The summed E-state index contributed by atoms with van der Waals surface area (Å²) in [5.74, 6) is -1.21. The summed E-state index contributed by atoms with van der Waals surface area (Å²) in [5.41, 5.74) is 0.930. The zero-order chi connectivity index (χ0) is 15.6. The SMILES string of the molecule is Cc1ccc(C=CC(=O)N2CCCC2(C)C(=O)O)c(Br)c1. The van der Waals surface area contributed by atoms with Crippen molar-refractivity contribution in [1.29, 1.82) is 0 Å². The Morgan fingerprint density at radius 2 is 2.14 bits per heavy atom. The number of amides is 1. The Kier molecular flexibility index (Phi) is 4.52. The van der Waals surface area contributed by atoms with Gasteiger partial charge in [0.1, 0.15) is 5.54 Å². The third kappa shape index (κ3) is 3.18. The molecule has 4 nitrogen and oxygen atoms in total. The molecule has 1 aromatic rings. The minimum atomic E-state index is -1.09. The highest BCUT2D eigenvalue weighted by atomic mass is 79.9. The number of aryl methyl sites for hydroxylation is 1. The first-order valence-electron chi connectivity index (χ1n) is 6.84. The fourth-order valence-electron chi connectivity index (χ4n) is 2.56. The number of aliphatic carboxylic acids is 1. The maximum atomic E-state index is 12.3. The average Bonchev–Trinajstić information content (AvgIpc) is 2.81. The van der Waals surface area contributed by atoms with Crippen LogP contribution in [0.4, 0.5) is 0 Å². The van der Waals surface area contributed by atoms with E-state index >= 15 is 0 Å². The van der Waals surface area contributed by atoms with Crippen LogP contribution in [0.2, 0.25) is 0 Å². The van der Waals surface area contributed by atoms with Gasteiger partial charge in [-0.15, -0.1) is 0 Å². The molecule has 1 atom stereocenters. The molecule has 112 valence electrons. The van der Waals surface area contributed by atoms with Crippen molar-refractivity contribution in [2.24, 2.45) is 0 Å². The first kappa shape index (κ1) is 15.8. The Labute approximate surface area is 132 Å². The fourth-order valence-corrected chi connectivity index (χ4v) is 3.18. The van der Waals surface area contributed by atoms with Crippen molar-refractivity contribution < 1.29 is 14.7 Å². The van der Waals surface area contributed by atoms with Gasteiger partial charge >= 0.3 is 5.97 Å². The molecule has 1 unspecified atom stereocenters. The lowest BCUT2D eigenvalue weighted by Gasteiger charge is -2.30. The highest BCUT2D eigenvalue weighted by molar-refractivity contribution is 9.10. The van der Waals surface area contributed by atoms with E-state index in [1.165, 1.54) is 11.0 Å². The van der Waals surface area contributed by atoms with E-state index in [9.17, 15) is 14.7 Å². The number of carboxylic acid groups (broad SMARTS) is 1. The smallest absolute Gasteiger partial charge is 0.329 e. The van der Waals surface area contributed by atoms with E-state index in [1.807, 2.05) is 25.1 Å². The number of rotatable bonds is 3. The molecule has 1 N–H and O–H groups in total. The zero-order valence-electron chi connectivity index (χ0n) is 12.1. The van der Waals surface area contributed by atoms with Gasteiger partial charge in [0.05, 0.1) is 0 Å². The van der Waals surface area contributed by atoms with Gasteiger partial charge in [-0.3, -0.25) is 4.79 Å². The van der Waals surface area contributed by atoms with E-state index in [0.717, 1.165) is 22.0 Å². The van der Waals surface area contributed by atoms with E-state index < -0.39 is 11.5 Å². The minimum absolute atomic E-state index is 0.259. The van der Waals surface area contributed by atoms with Gasteiger partial charge < -0.3 is 10.0 Å². The Morgan fingerprint density at radius 3 is 2.76 bits per heavy atom. The van der Waals surface area contributed by atoms with Crippen molar-refractivity contribution in [2.75, 3.05) is 6.54 Å². The Bertz CT molecular complexity index is 612. The average molecular weight is 352 g/mol. The van der Waals surface area contributed by atoms with Crippen LogP contribution in [-0.4, -0.2) is 34.0 Å². The second kappa shape index (κ2) is 6.02. The van der Waals surface area contributed by atoms with Gasteiger partial charge in [-0.05, 0) is 50.0 Å². The molecule has 0 saturated carbocycles. The van der Waals surface area contributed by atoms with Crippen LogP contribution >= 0.6 is 15.9 Å². The topological polar surface area (TPSA) is 57.6 Å². The molecule has 0 bridgehead atoms. The number of carbonyl (C=O) groups excluding carboxylic acids is 1. The van der Waals surface area contributed by atoms with Crippen molar-refractivity contribution >= 4 is 33.9 Å². The number of carbonyl (C=O) groups is 2. The molecule has 21 heavy (non-hydrogen) atoms. The number of hydrogen-bond donors (Lipinski definition) is 1. The van der Waals surface area contributed by atoms with E-state index in [-0.39, 0.29) is 5.91 Å². The lowest BCUT2D eigenvalue weighted by molar-refractivity contribution is -0.153. The molecule has 1 aliphatic rings. The second-order valence-corrected chi connectivity index (χ2v) is 6.39. The first-order valence-corrected chi connectivity index (χ1v) is 7.63. The summed E-state index contributed by atoms with van der Waals surface area (Å²) in [4.78, 5) is 25.1. The Morgan fingerprint density at radius 1 is 1.43 bits per heavy atom. The van der Waals surface area contributed by atoms with Gasteiger partial charge in [0, 0.05) is 17.1 Å². The fraction of sp³-hybridized carbons (Fsp3) is 0.375. The quantitative estimate of drug-likeness (QED) is 0.850. The molecule has 1 aromatic carbocycles. The van der Waals surface area contributed by atoms with Gasteiger partial charge in [0.25, 0.3) is 0 Å². The van der Waals surface area contributed by atoms with Crippen LogP contribution in [0.25, 0.3) is 6.08 Å². The standard InChI is InChI=1S/C16H18BrNO3/c1-11-4-5-12(13(17)10-11)6-7-14(19)18-9-3-8-16(18,2)15(20)21/h4-7,10H,3,8-9H2,1-2H3,(H,20,21). The van der Waals surface area contributed by atoms with Crippen LogP contribution in [0.15, 0.2) is 28.7 Å². The predicted octanol–water partition coefficient (Wildman–Crippen LogP) is 3.24. The zero-order valence-corrected chi connectivity index (χ0v) is 13.7. The first-order chi connectivity index (χ1) is 9.84. The van der Waals surface area contributed by atoms with Gasteiger partial charge in [-0.1, -0.05) is 28.1 Å². The van der Waals surface area contributed by atoms with Gasteiger partial charge in [-0.25, -0.2) is 4.79 Å². The van der Waals surface area contributed by atoms with Gasteiger partial charge in [-0.2, -0.15) is 0 Å². The summed E-state index contributed by atoms with van der Waals surface area (Å²) in [6.07, 6.45) is 4.38. The van der Waals surface area contributed by atoms with E-state index in [1.54, 1.807) is 13.0 Å². The van der Waals surface area contributed by atoms with Crippen molar-refractivity contribution in [1.82, 2.24) is 4.90 Å². The van der Waals surface area contributed by atoms with E-state index in [4.69, 9.17) is 0 Å². The summed E-state index contributed by atoms with van der Waals surface area (Å²) >= 11 is 3.46. The molecule has 1 heterocycles. The van der Waals surface area contributed by atoms with Crippen LogP contribution in [0.1, 0.15) is 30.9 Å². The molecule has 1 amide bonds. The van der Waals surface area contributed by atoms with Crippen molar-refractivity contribution in [3.8, 4) is 0 Å². The van der Waals surface area contributed by atoms with Crippen molar-refractivity contribution in [3.63, 3.8) is 0 Å². The number of nitrogens with zero attached hydrogens (tertiary/aromatic N) is 1. The normalized spacial score (nSPS) is 22.0. The largest absolute Gasteiger partial charge is 0.480 e. The Hall–Kier alpha value is -1.62. The number of benzene rings is 1. The summed E-state index contributed by atoms with van der Waals surface area (Å²) < 4.78 is 0.911. The lowest BCUT2D eigenvalue weighted by atomic mass is 9.99. The molecule has 1 aliphatic heterocycles. The molecule has 5 heteroatoms. The van der Waals surface area contributed by atoms with Crippen LogP contribution in [-0.2, 0) is 9.59 Å². The number of hydrogen-bond acceptors (Lipinski definition) is 2. The van der Waals surface area contributed by atoms with E-state index in [0.29, 0.717) is 13.0 Å². The van der Waals surface area contributed by atoms with Crippen molar-refractivity contribution in [2.45, 2.75) is 32.2 Å². The molecule has 1 fully saturated rings. The maximum Gasteiger partial charge on any atom is 0.329 e. The van der Waals surface area contributed by atoms with Crippen LogP contribution in [0.3, 0.4) is 0 Å². The molecular formula is C16H18BrNO3. The van der Waals surface area contributed by atoms with Crippen LogP contribution < -0.4 is 0 Å². The maximum absolute atomic E-state index is 12.3. The highest BCUT2D eigenvalue weighted by Crippen LogP contribution is 2.29. The molecule has 0 aliphatic carbocycles. The number of carboxylic acids is 1. The lowest BCUT2D eigenvalue weighted by Crippen LogP contribution is -2.50. The van der Waals surface area contributed by atoms with E-state index in [2.05, 4.69) is 15.9 Å². The molecular weight excluding hydrogens is 334 g/mol. The highest BCUT2D eigenvalue weighted by Gasteiger charge is 2.45. The molecule has 0 radical (unpaired) electrons. The van der Waals surface area contributed by atoms with Gasteiger partial charge in [0.15, 0.2) is 0 Å². The second-order valence-electron chi connectivity index (χ2n) is 5.53. The monoisotopic (exact) mass is 351 g/mol. The molecule has 0 aromatic heterocycles. The molecule has 1 saturated heterocycles. The van der Waals surface area contributed by atoms with Crippen LogP contribution in [0, 0.1) is 6.92 Å². The molecule has 0 spiro atoms.